The molecule has 0 saturated heterocycles. The highest BCUT2D eigenvalue weighted by atomic mass is 32.1. The number of nitrogens with zero attached hydrogens (tertiary/aromatic N) is 3. The highest BCUT2D eigenvalue weighted by molar-refractivity contribution is 7.15. The molecule has 0 aliphatic heterocycles. The Kier molecular flexibility index (Phi) is 5.34. The zero-order valence-corrected chi connectivity index (χ0v) is 16.6. The van der Waals surface area contributed by atoms with Crippen molar-refractivity contribution in [3.63, 3.8) is 0 Å². The summed E-state index contributed by atoms with van der Waals surface area (Å²) < 4.78 is 1.20. The maximum absolute atomic E-state index is 12.4. The molecule has 0 atom stereocenters. The van der Waals surface area contributed by atoms with Crippen molar-refractivity contribution in [1.29, 1.82) is 0 Å². The Morgan fingerprint density at radius 3 is 2.68 bits per heavy atom. The van der Waals surface area contributed by atoms with E-state index in [1.807, 2.05) is 24.3 Å². The molecule has 1 aliphatic carbocycles. The molecule has 3 aromatic rings. The number of amides is 1. The fourth-order valence-corrected chi connectivity index (χ4v) is 4.39. The molecule has 1 aliphatic rings. The Balaban J connectivity index is 1.49. The van der Waals surface area contributed by atoms with E-state index in [-0.39, 0.29) is 18.0 Å². The summed E-state index contributed by atoms with van der Waals surface area (Å²) in [5, 5.41) is 7.80. The summed E-state index contributed by atoms with van der Waals surface area (Å²) >= 11 is 1.53. The van der Waals surface area contributed by atoms with E-state index >= 15 is 0 Å². The molecule has 144 valence electrons. The smallest absolute Gasteiger partial charge is 0.267 e. The van der Waals surface area contributed by atoms with Crippen LogP contribution in [0, 0.1) is 0 Å². The summed E-state index contributed by atoms with van der Waals surface area (Å²) in [5.41, 5.74) is 3.61. The lowest BCUT2D eigenvalue weighted by molar-refractivity contribution is -0.117. The van der Waals surface area contributed by atoms with Gasteiger partial charge in [-0.2, -0.15) is 5.10 Å². The molecule has 0 saturated carbocycles. The van der Waals surface area contributed by atoms with Gasteiger partial charge >= 0.3 is 0 Å². The van der Waals surface area contributed by atoms with Gasteiger partial charge in [-0.15, -0.1) is 11.3 Å². The van der Waals surface area contributed by atoms with Crippen molar-refractivity contribution >= 4 is 22.4 Å². The van der Waals surface area contributed by atoms with E-state index < -0.39 is 0 Å². The first kappa shape index (κ1) is 18.6. The number of aryl methyl sites for hydroxylation is 3. The molecule has 2 aromatic heterocycles. The average Bonchev–Trinajstić information content (AvgIpc) is 3.12. The van der Waals surface area contributed by atoms with Gasteiger partial charge in [-0.25, -0.2) is 9.67 Å². The largest absolute Gasteiger partial charge is 0.300 e. The first-order valence-corrected chi connectivity index (χ1v) is 10.4. The van der Waals surface area contributed by atoms with Gasteiger partial charge in [0.05, 0.1) is 11.4 Å². The van der Waals surface area contributed by atoms with Gasteiger partial charge in [-0.05, 0) is 43.7 Å². The molecule has 4 rings (SSSR count). The first-order chi connectivity index (χ1) is 13.6. The van der Waals surface area contributed by atoms with Gasteiger partial charge in [0, 0.05) is 16.5 Å². The van der Waals surface area contributed by atoms with Crippen LogP contribution in [0.2, 0.25) is 0 Å². The summed E-state index contributed by atoms with van der Waals surface area (Å²) in [6, 6.07) is 11.2. The minimum absolute atomic E-state index is 0.135. The van der Waals surface area contributed by atoms with Gasteiger partial charge in [-0.3, -0.25) is 9.59 Å². The normalized spacial score (nSPS) is 13.2. The van der Waals surface area contributed by atoms with E-state index in [4.69, 9.17) is 0 Å². The second kappa shape index (κ2) is 8.06. The van der Waals surface area contributed by atoms with Crippen LogP contribution in [0.5, 0.6) is 0 Å². The Bertz CT molecular complexity index is 1030. The second-order valence-corrected chi connectivity index (χ2v) is 7.99. The predicted molar refractivity (Wildman–Crippen MR) is 111 cm³/mol. The van der Waals surface area contributed by atoms with Crippen LogP contribution in [-0.2, 0) is 30.6 Å². The van der Waals surface area contributed by atoms with Crippen LogP contribution in [0.3, 0.4) is 0 Å². The van der Waals surface area contributed by atoms with Crippen LogP contribution in [-0.4, -0.2) is 20.7 Å². The third-order valence-electron chi connectivity index (χ3n) is 4.91. The number of hydrogen-bond acceptors (Lipinski definition) is 5. The molecular formula is C21H22N4O2S. The molecule has 0 fully saturated rings. The van der Waals surface area contributed by atoms with Crippen LogP contribution in [0.15, 0.2) is 41.2 Å². The zero-order valence-electron chi connectivity index (χ0n) is 15.8. The van der Waals surface area contributed by atoms with Gasteiger partial charge in [0.1, 0.15) is 6.54 Å². The molecule has 0 unspecified atom stereocenters. The lowest BCUT2D eigenvalue weighted by Gasteiger charge is -2.07. The van der Waals surface area contributed by atoms with Crippen LogP contribution >= 0.6 is 11.3 Å². The number of carbonyl (C=O) groups excluding carboxylic acids is 1. The lowest BCUT2D eigenvalue weighted by Crippen LogP contribution is -2.29. The van der Waals surface area contributed by atoms with Crippen molar-refractivity contribution in [3.05, 3.63) is 62.9 Å². The number of thiazole rings is 1. The van der Waals surface area contributed by atoms with Crippen LogP contribution in [0.1, 0.15) is 35.9 Å². The van der Waals surface area contributed by atoms with E-state index in [1.54, 1.807) is 6.07 Å². The SMILES string of the molecule is CCc1ccc(-c2ccc(=O)n(CC(=O)Nc3nc4c(s3)CCCC4)n2)cc1. The Hall–Kier alpha value is -2.80. The summed E-state index contributed by atoms with van der Waals surface area (Å²) in [5.74, 6) is -0.292. The molecule has 7 heteroatoms. The average molecular weight is 395 g/mol. The van der Waals surface area contributed by atoms with Crippen LogP contribution in [0.25, 0.3) is 11.3 Å². The Morgan fingerprint density at radius 1 is 1.14 bits per heavy atom. The van der Waals surface area contributed by atoms with E-state index in [0.29, 0.717) is 10.8 Å². The molecule has 28 heavy (non-hydrogen) atoms. The molecule has 0 bridgehead atoms. The maximum atomic E-state index is 12.4. The number of carbonyl (C=O) groups is 1. The third-order valence-corrected chi connectivity index (χ3v) is 5.98. The second-order valence-electron chi connectivity index (χ2n) is 6.91. The standard InChI is InChI=1S/C21H22N4O2S/c1-2-14-7-9-15(10-8-14)16-11-12-20(27)25(24-16)13-19(26)23-21-22-17-5-3-4-6-18(17)28-21/h7-12H,2-6,13H2,1H3,(H,22,23,26). The number of fused-ring (bicyclic) bond motifs is 1. The highest BCUT2D eigenvalue weighted by Gasteiger charge is 2.17. The fourth-order valence-electron chi connectivity index (χ4n) is 3.33. The molecule has 6 nitrogen and oxygen atoms in total. The fraction of sp³-hybridized carbons (Fsp3) is 0.333. The highest BCUT2D eigenvalue weighted by Crippen LogP contribution is 2.29. The van der Waals surface area contributed by atoms with E-state index in [1.165, 1.54) is 38.9 Å². The molecule has 0 spiro atoms. The van der Waals surface area contributed by atoms with Crippen molar-refractivity contribution < 1.29 is 4.79 Å². The van der Waals surface area contributed by atoms with Crippen molar-refractivity contribution in [2.45, 2.75) is 45.6 Å². The van der Waals surface area contributed by atoms with Crippen molar-refractivity contribution in [2.24, 2.45) is 0 Å². The van der Waals surface area contributed by atoms with E-state index in [0.717, 1.165) is 36.9 Å². The van der Waals surface area contributed by atoms with Crippen molar-refractivity contribution in [3.8, 4) is 11.3 Å². The van der Waals surface area contributed by atoms with Gasteiger partial charge < -0.3 is 5.32 Å². The maximum Gasteiger partial charge on any atom is 0.267 e. The lowest BCUT2D eigenvalue weighted by atomic mass is 10.0. The van der Waals surface area contributed by atoms with Gasteiger partial charge in [0.2, 0.25) is 5.91 Å². The number of anilines is 1. The summed E-state index contributed by atoms with van der Waals surface area (Å²) in [6.45, 7) is 1.97. The third kappa shape index (κ3) is 4.04. The predicted octanol–water partition coefficient (Wildman–Crippen LogP) is 3.45. The Labute approximate surface area is 167 Å². The van der Waals surface area contributed by atoms with Gasteiger partial charge in [0.15, 0.2) is 5.13 Å². The molecule has 1 amide bonds. The van der Waals surface area contributed by atoms with Crippen molar-refractivity contribution in [2.75, 3.05) is 5.32 Å². The zero-order chi connectivity index (χ0) is 19.5. The van der Waals surface area contributed by atoms with E-state index in [2.05, 4.69) is 22.3 Å². The molecule has 0 radical (unpaired) electrons. The van der Waals surface area contributed by atoms with Crippen LogP contribution in [0.4, 0.5) is 5.13 Å². The number of benzene rings is 1. The summed E-state index contributed by atoms with van der Waals surface area (Å²) in [4.78, 5) is 30.4. The molecule has 1 N–H and O–H groups in total. The number of aromatic nitrogens is 3. The van der Waals surface area contributed by atoms with Gasteiger partial charge in [0.25, 0.3) is 5.56 Å². The molecule has 2 heterocycles. The van der Waals surface area contributed by atoms with Crippen molar-refractivity contribution in [1.82, 2.24) is 14.8 Å². The number of hydrogen-bond donors (Lipinski definition) is 1. The topological polar surface area (TPSA) is 76.9 Å². The molecular weight excluding hydrogens is 372 g/mol. The summed E-state index contributed by atoms with van der Waals surface area (Å²) in [7, 11) is 0. The quantitative estimate of drug-likeness (QED) is 0.719. The minimum atomic E-state index is -0.303. The number of rotatable bonds is 5. The number of nitrogens with one attached hydrogen (secondary N) is 1. The van der Waals surface area contributed by atoms with E-state index in [9.17, 15) is 9.59 Å². The first-order valence-electron chi connectivity index (χ1n) is 9.58. The Morgan fingerprint density at radius 2 is 1.93 bits per heavy atom. The monoisotopic (exact) mass is 394 g/mol. The van der Waals surface area contributed by atoms with Crippen LogP contribution < -0.4 is 10.9 Å². The minimum Gasteiger partial charge on any atom is -0.300 e. The summed E-state index contributed by atoms with van der Waals surface area (Å²) in [6.07, 6.45) is 5.29. The van der Waals surface area contributed by atoms with Gasteiger partial charge in [-0.1, -0.05) is 31.2 Å². The molecule has 1 aromatic carbocycles.